The van der Waals surface area contributed by atoms with Gasteiger partial charge in [0.05, 0.1) is 17.9 Å². The number of aromatic nitrogens is 1. The molecule has 1 heterocycles. The molecule has 0 aliphatic carbocycles. The average molecular weight is 502 g/mol. The Kier molecular flexibility index (Phi) is 10.0. The van der Waals surface area contributed by atoms with Gasteiger partial charge >= 0.3 is 0 Å². The van der Waals surface area contributed by atoms with Crippen LogP contribution in [0.15, 0.2) is 71.9 Å². The highest BCUT2D eigenvalue weighted by molar-refractivity contribution is 7.99. The molecular formula is C26H29F2N3O3S. The number of aryl methyl sites for hydroxylation is 1. The fraction of sp³-hybridized carbons (Fsp3) is 0.308. The number of thioether (sulfide) groups is 1. The van der Waals surface area contributed by atoms with Crippen LogP contribution in [0.4, 0.5) is 8.78 Å². The lowest BCUT2D eigenvalue weighted by atomic mass is 10.0. The summed E-state index contributed by atoms with van der Waals surface area (Å²) in [4.78, 5) is 12.6. The van der Waals surface area contributed by atoms with Crippen molar-refractivity contribution in [2.45, 2.75) is 43.5 Å². The van der Waals surface area contributed by atoms with Crippen LogP contribution in [0.1, 0.15) is 23.6 Å². The van der Waals surface area contributed by atoms with Crippen molar-refractivity contribution in [1.82, 2.24) is 10.6 Å². The number of amides is 1. The van der Waals surface area contributed by atoms with E-state index in [0.717, 1.165) is 29.8 Å². The summed E-state index contributed by atoms with van der Waals surface area (Å²) in [5.74, 6) is -1.92. The number of halogens is 2. The minimum atomic E-state index is -1.02. The minimum absolute atomic E-state index is 0.0339. The Morgan fingerprint density at radius 2 is 1.80 bits per heavy atom. The molecule has 0 fully saturated rings. The number of aliphatic hydroxyl groups excluding tert-OH is 1. The maximum absolute atomic E-state index is 13.7. The van der Waals surface area contributed by atoms with E-state index in [-0.39, 0.29) is 18.7 Å². The predicted octanol–water partition coefficient (Wildman–Crippen LogP) is 3.13. The summed E-state index contributed by atoms with van der Waals surface area (Å²) in [6.45, 7) is 2.75. The molecule has 9 heteroatoms. The van der Waals surface area contributed by atoms with Crippen LogP contribution in [0.2, 0.25) is 0 Å². The molecule has 0 unspecified atom stereocenters. The highest BCUT2D eigenvalue weighted by Gasteiger charge is 2.23. The Hall–Kier alpha value is -3.01. The van der Waals surface area contributed by atoms with Crippen LogP contribution in [-0.2, 0) is 24.2 Å². The first-order valence-corrected chi connectivity index (χ1v) is 12.3. The van der Waals surface area contributed by atoms with E-state index in [1.165, 1.54) is 23.9 Å². The van der Waals surface area contributed by atoms with Gasteiger partial charge in [0.15, 0.2) is 6.20 Å². The van der Waals surface area contributed by atoms with E-state index in [0.29, 0.717) is 21.9 Å². The highest BCUT2D eigenvalue weighted by Crippen LogP contribution is 2.15. The van der Waals surface area contributed by atoms with E-state index in [9.17, 15) is 23.9 Å². The average Bonchev–Trinajstić information content (AvgIpc) is 2.82. The van der Waals surface area contributed by atoms with Crippen molar-refractivity contribution < 1.29 is 23.4 Å². The van der Waals surface area contributed by atoms with Gasteiger partial charge in [-0.15, -0.1) is 0 Å². The van der Waals surface area contributed by atoms with Crippen molar-refractivity contribution in [3.63, 3.8) is 0 Å². The van der Waals surface area contributed by atoms with Gasteiger partial charge in [-0.2, -0.15) is 4.73 Å². The molecule has 1 amide bonds. The van der Waals surface area contributed by atoms with Crippen molar-refractivity contribution in [2.24, 2.45) is 0 Å². The number of carbonyl (C=O) groups excluding carboxylic acids is 1. The molecule has 0 aliphatic rings. The number of hydrogen-bond donors (Lipinski definition) is 3. The van der Waals surface area contributed by atoms with E-state index >= 15 is 0 Å². The first-order chi connectivity index (χ1) is 16.8. The maximum atomic E-state index is 13.7. The normalized spacial score (nSPS) is 12.8. The monoisotopic (exact) mass is 501 g/mol. The Balaban J connectivity index is 1.63. The van der Waals surface area contributed by atoms with Crippen molar-refractivity contribution in [3.05, 3.63) is 100 Å². The molecule has 0 aliphatic heterocycles. The van der Waals surface area contributed by atoms with Gasteiger partial charge < -0.3 is 20.9 Å². The van der Waals surface area contributed by atoms with Crippen molar-refractivity contribution in [3.8, 4) is 0 Å². The summed E-state index contributed by atoms with van der Waals surface area (Å²) in [6.07, 6.45) is 1.27. The van der Waals surface area contributed by atoms with Crippen LogP contribution in [-0.4, -0.2) is 35.5 Å². The lowest BCUT2D eigenvalue weighted by Gasteiger charge is -2.25. The van der Waals surface area contributed by atoms with Gasteiger partial charge in [-0.25, -0.2) is 8.78 Å². The summed E-state index contributed by atoms with van der Waals surface area (Å²) in [6, 6.07) is 15.3. The van der Waals surface area contributed by atoms with Crippen LogP contribution in [0, 0.1) is 16.8 Å². The fourth-order valence-corrected chi connectivity index (χ4v) is 4.37. The molecule has 35 heavy (non-hydrogen) atoms. The Labute approximate surface area is 208 Å². The van der Waals surface area contributed by atoms with Crippen LogP contribution in [0.3, 0.4) is 0 Å². The van der Waals surface area contributed by atoms with E-state index in [2.05, 4.69) is 23.6 Å². The van der Waals surface area contributed by atoms with Crippen molar-refractivity contribution >= 4 is 17.7 Å². The van der Waals surface area contributed by atoms with E-state index < -0.39 is 29.7 Å². The Morgan fingerprint density at radius 3 is 2.51 bits per heavy atom. The number of hydrogen-bond acceptors (Lipinski definition) is 5. The van der Waals surface area contributed by atoms with Crippen molar-refractivity contribution in [1.29, 1.82) is 0 Å². The predicted molar refractivity (Wildman–Crippen MR) is 132 cm³/mol. The van der Waals surface area contributed by atoms with Gasteiger partial charge in [-0.1, -0.05) is 31.2 Å². The molecule has 0 spiro atoms. The fourth-order valence-electron chi connectivity index (χ4n) is 3.64. The van der Waals surface area contributed by atoms with Crippen LogP contribution < -0.4 is 15.4 Å². The summed E-state index contributed by atoms with van der Waals surface area (Å²) in [7, 11) is 0. The first-order valence-electron chi connectivity index (χ1n) is 11.4. The standard InChI is InChI=1S/C26H29F2N3O3S/c1-2-18-6-5-7-19(10-18)15-29-16-24(32)23(13-20-11-21(27)14-22(28)12-20)30-25(33)17-35-26-8-3-4-9-31(26)34/h3-12,14,23-24,29,32H,2,13,15-17H2,1H3,(H,30,33)/t23-,24+/m0/s1. The lowest BCUT2D eigenvalue weighted by Crippen LogP contribution is -2.49. The molecule has 2 atom stereocenters. The number of carbonyl (C=O) groups is 1. The number of rotatable bonds is 12. The quantitative estimate of drug-likeness (QED) is 0.202. The molecule has 2 aromatic carbocycles. The summed E-state index contributed by atoms with van der Waals surface area (Å²) >= 11 is 1.06. The van der Waals surface area contributed by atoms with Gasteiger partial charge in [0, 0.05) is 31.3 Å². The van der Waals surface area contributed by atoms with Crippen LogP contribution in [0.5, 0.6) is 0 Å². The zero-order valence-corrected chi connectivity index (χ0v) is 20.2. The summed E-state index contributed by atoms with van der Waals surface area (Å²) in [5.41, 5.74) is 2.59. The van der Waals surface area contributed by atoms with E-state index in [4.69, 9.17) is 0 Å². The van der Waals surface area contributed by atoms with Crippen LogP contribution in [0.25, 0.3) is 0 Å². The van der Waals surface area contributed by atoms with Gasteiger partial charge in [-0.05, 0) is 59.5 Å². The van der Waals surface area contributed by atoms with Crippen LogP contribution >= 0.6 is 11.8 Å². The minimum Gasteiger partial charge on any atom is -0.618 e. The third kappa shape index (κ3) is 8.61. The van der Waals surface area contributed by atoms with Gasteiger partial charge in [0.25, 0.3) is 5.03 Å². The number of pyridine rings is 1. The molecular weight excluding hydrogens is 472 g/mol. The van der Waals surface area contributed by atoms with Gasteiger partial charge in [0.1, 0.15) is 11.6 Å². The Morgan fingerprint density at radius 1 is 1.06 bits per heavy atom. The number of nitrogens with one attached hydrogen (secondary N) is 2. The molecule has 6 nitrogen and oxygen atoms in total. The van der Waals surface area contributed by atoms with E-state index in [1.807, 2.05) is 18.2 Å². The molecule has 0 saturated heterocycles. The van der Waals surface area contributed by atoms with Gasteiger partial charge in [-0.3, -0.25) is 4.79 Å². The lowest BCUT2D eigenvalue weighted by molar-refractivity contribution is -0.645. The topological polar surface area (TPSA) is 88.3 Å². The molecule has 0 bridgehead atoms. The SMILES string of the molecule is CCc1cccc(CNC[C@@H](O)[C@H](Cc2cc(F)cc(F)c2)NC(=O)CSc2cccc[n+]2[O-])c1. The van der Waals surface area contributed by atoms with Gasteiger partial charge in [0.2, 0.25) is 5.91 Å². The highest BCUT2D eigenvalue weighted by atomic mass is 32.2. The Bertz CT molecular complexity index is 1110. The molecule has 186 valence electrons. The smallest absolute Gasteiger partial charge is 0.251 e. The first kappa shape index (κ1) is 26.6. The molecule has 3 aromatic rings. The van der Waals surface area contributed by atoms with E-state index in [1.54, 1.807) is 18.2 Å². The molecule has 0 saturated carbocycles. The molecule has 0 radical (unpaired) electrons. The summed E-state index contributed by atoms with van der Waals surface area (Å²) < 4.78 is 28.1. The molecule has 1 aromatic heterocycles. The van der Waals surface area contributed by atoms with Crippen molar-refractivity contribution in [2.75, 3.05) is 12.3 Å². The number of aliphatic hydroxyl groups is 1. The zero-order valence-electron chi connectivity index (χ0n) is 19.4. The maximum Gasteiger partial charge on any atom is 0.251 e. The number of nitrogens with zero attached hydrogens (tertiary/aromatic N) is 1. The second kappa shape index (κ2) is 13.2. The zero-order chi connectivity index (χ0) is 25.2. The molecule has 3 rings (SSSR count). The second-order valence-electron chi connectivity index (χ2n) is 8.18. The molecule has 3 N–H and O–H groups in total. The largest absolute Gasteiger partial charge is 0.618 e. The summed E-state index contributed by atoms with van der Waals surface area (Å²) in [5, 5.41) is 28.9. The third-order valence-corrected chi connectivity index (χ3v) is 6.43. The third-order valence-electron chi connectivity index (χ3n) is 5.41. The second-order valence-corrected chi connectivity index (χ2v) is 9.18. The number of benzene rings is 2.